The third-order valence-corrected chi connectivity index (χ3v) is 2.63. The summed E-state index contributed by atoms with van der Waals surface area (Å²) in [5, 5.41) is 10.0. The fourth-order valence-electron chi connectivity index (χ4n) is 1.74. The van der Waals surface area contributed by atoms with Crippen molar-refractivity contribution in [2.24, 2.45) is 0 Å². The molecular formula is C11H12O. The molecule has 62 valence electrons. The van der Waals surface area contributed by atoms with Gasteiger partial charge in [0.25, 0.3) is 0 Å². The van der Waals surface area contributed by atoms with Crippen LogP contribution in [-0.4, -0.2) is 5.11 Å². The second-order valence-corrected chi connectivity index (χ2v) is 3.51. The van der Waals surface area contributed by atoms with Gasteiger partial charge in [-0.3, -0.25) is 0 Å². The molecule has 0 radical (unpaired) electrons. The maximum Gasteiger partial charge on any atom is 0.108 e. The Hall–Kier alpha value is -1.08. The predicted molar refractivity (Wildman–Crippen MR) is 48.9 cm³/mol. The van der Waals surface area contributed by atoms with Gasteiger partial charge in [-0.05, 0) is 30.0 Å². The molecular weight excluding hydrogens is 148 g/mol. The van der Waals surface area contributed by atoms with Gasteiger partial charge >= 0.3 is 0 Å². The zero-order valence-electron chi connectivity index (χ0n) is 7.17. The summed E-state index contributed by atoms with van der Waals surface area (Å²) in [6.45, 7) is 5.68. The molecule has 1 aliphatic carbocycles. The second kappa shape index (κ2) is 2.20. The first-order valence-electron chi connectivity index (χ1n) is 4.11. The van der Waals surface area contributed by atoms with E-state index in [0.29, 0.717) is 0 Å². The van der Waals surface area contributed by atoms with Crippen molar-refractivity contribution in [3.05, 3.63) is 47.5 Å². The van der Waals surface area contributed by atoms with Crippen LogP contribution in [0.25, 0.3) is 0 Å². The summed E-state index contributed by atoms with van der Waals surface area (Å²) < 4.78 is 0. The van der Waals surface area contributed by atoms with Crippen molar-refractivity contribution in [1.82, 2.24) is 0 Å². The van der Waals surface area contributed by atoms with Crippen LogP contribution in [0.5, 0.6) is 0 Å². The van der Waals surface area contributed by atoms with Gasteiger partial charge in [0.05, 0.1) is 0 Å². The summed E-state index contributed by atoms with van der Waals surface area (Å²) in [5.41, 5.74) is 2.29. The summed E-state index contributed by atoms with van der Waals surface area (Å²) in [5.74, 6) is 0. The molecule has 0 saturated heterocycles. The monoisotopic (exact) mass is 160 g/mol. The van der Waals surface area contributed by atoms with E-state index < -0.39 is 5.60 Å². The normalized spacial score (nSPS) is 27.3. The van der Waals surface area contributed by atoms with Crippen LogP contribution in [0, 0.1) is 0 Å². The highest BCUT2D eigenvalue weighted by atomic mass is 16.3. The van der Waals surface area contributed by atoms with Gasteiger partial charge < -0.3 is 5.11 Å². The minimum atomic E-state index is -0.809. The lowest BCUT2D eigenvalue weighted by Crippen LogP contribution is -2.18. The van der Waals surface area contributed by atoms with E-state index >= 15 is 0 Å². The first kappa shape index (κ1) is 7.56. The summed E-state index contributed by atoms with van der Waals surface area (Å²) in [6, 6.07) is 7.95. The minimum Gasteiger partial charge on any atom is -0.381 e. The van der Waals surface area contributed by atoms with Crippen LogP contribution in [0.4, 0.5) is 0 Å². The van der Waals surface area contributed by atoms with E-state index in [2.05, 4.69) is 6.58 Å². The van der Waals surface area contributed by atoms with Crippen molar-refractivity contribution in [2.45, 2.75) is 18.9 Å². The topological polar surface area (TPSA) is 20.2 Å². The van der Waals surface area contributed by atoms with Crippen LogP contribution in [0.3, 0.4) is 0 Å². The minimum absolute atomic E-state index is 0.809. The van der Waals surface area contributed by atoms with E-state index in [4.69, 9.17) is 0 Å². The standard InChI is InChI=1S/C11H12O/c1-8-7-9-5-3-4-6-10(9)11(8,2)12/h3-6,12H,1,7H2,2H3. The predicted octanol–water partition coefficient (Wildman–Crippen LogP) is 2.01. The molecule has 1 unspecified atom stereocenters. The van der Waals surface area contributed by atoms with Crippen molar-refractivity contribution in [3.8, 4) is 0 Å². The van der Waals surface area contributed by atoms with Crippen LogP contribution in [0.15, 0.2) is 36.4 Å². The van der Waals surface area contributed by atoms with Crippen LogP contribution in [0.2, 0.25) is 0 Å². The van der Waals surface area contributed by atoms with Crippen LogP contribution in [0.1, 0.15) is 18.1 Å². The molecule has 2 rings (SSSR count). The Labute approximate surface area is 72.4 Å². The first-order valence-corrected chi connectivity index (χ1v) is 4.11. The zero-order chi connectivity index (χ0) is 8.77. The molecule has 1 aromatic rings. The number of hydrogen-bond donors (Lipinski definition) is 1. The molecule has 0 heterocycles. The van der Waals surface area contributed by atoms with Crippen LogP contribution >= 0.6 is 0 Å². The van der Waals surface area contributed by atoms with Gasteiger partial charge in [-0.2, -0.15) is 0 Å². The van der Waals surface area contributed by atoms with Gasteiger partial charge in [0, 0.05) is 0 Å². The summed E-state index contributed by atoms with van der Waals surface area (Å²) in [4.78, 5) is 0. The third-order valence-electron chi connectivity index (χ3n) is 2.63. The molecule has 1 aromatic carbocycles. The van der Waals surface area contributed by atoms with Crippen molar-refractivity contribution in [3.63, 3.8) is 0 Å². The summed E-state index contributed by atoms with van der Waals surface area (Å²) in [7, 11) is 0. The van der Waals surface area contributed by atoms with Gasteiger partial charge in [0.15, 0.2) is 0 Å². The van der Waals surface area contributed by atoms with Gasteiger partial charge in [-0.25, -0.2) is 0 Å². The Morgan fingerprint density at radius 1 is 1.42 bits per heavy atom. The Balaban J connectivity index is 2.63. The molecule has 12 heavy (non-hydrogen) atoms. The number of rotatable bonds is 0. The average Bonchev–Trinajstić information content (AvgIpc) is 2.25. The van der Waals surface area contributed by atoms with E-state index in [-0.39, 0.29) is 0 Å². The van der Waals surface area contributed by atoms with Crippen LogP contribution < -0.4 is 0 Å². The van der Waals surface area contributed by atoms with E-state index in [9.17, 15) is 5.11 Å². The number of fused-ring (bicyclic) bond motifs is 1. The highest BCUT2D eigenvalue weighted by Crippen LogP contribution is 2.39. The van der Waals surface area contributed by atoms with E-state index in [1.54, 1.807) is 6.92 Å². The van der Waals surface area contributed by atoms with E-state index in [1.165, 1.54) is 5.56 Å². The van der Waals surface area contributed by atoms with Crippen LogP contribution in [-0.2, 0) is 12.0 Å². The Morgan fingerprint density at radius 2 is 2.08 bits per heavy atom. The average molecular weight is 160 g/mol. The molecule has 0 aromatic heterocycles. The quantitative estimate of drug-likeness (QED) is 0.575. The summed E-state index contributed by atoms with van der Waals surface area (Å²) in [6.07, 6.45) is 0.809. The van der Waals surface area contributed by atoms with E-state index in [0.717, 1.165) is 17.6 Å². The van der Waals surface area contributed by atoms with Crippen molar-refractivity contribution < 1.29 is 5.11 Å². The Bertz CT molecular complexity index is 337. The SMILES string of the molecule is C=C1Cc2ccccc2C1(C)O. The van der Waals surface area contributed by atoms with Gasteiger partial charge in [-0.1, -0.05) is 30.8 Å². The lowest BCUT2D eigenvalue weighted by molar-refractivity contribution is 0.104. The Kier molecular flexibility index (Phi) is 1.39. The smallest absolute Gasteiger partial charge is 0.108 e. The zero-order valence-corrected chi connectivity index (χ0v) is 7.17. The highest BCUT2D eigenvalue weighted by Gasteiger charge is 2.34. The number of aliphatic hydroxyl groups is 1. The molecule has 1 aliphatic rings. The van der Waals surface area contributed by atoms with E-state index in [1.807, 2.05) is 24.3 Å². The molecule has 0 amide bonds. The highest BCUT2D eigenvalue weighted by molar-refractivity contribution is 5.46. The maximum absolute atomic E-state index is 10.0. The molecule has 1 heteroatoms. The molecule has 0 aliphatic heterocycles. The molecule has 0 fully saturated rings. The van der Waals surface area contributed by atoms with Gasteiger partial charge in [0.2, 0.25) is 0 Å². The second-order valence-electron chi connectivity index (χ2n) is 3.51. The molecule has 1 nitrogen and oxygen atoms in total. The molecule has 0 saturated carbocycles. The lowest BCUT2D eigenvalue weighted by atomic mass is 9.96. The summed E-state index contributed by atoms with van der Waals surface area (Å²) >= 11 is 0. The maximum atomic E-state index is 10.0. The van der Waals surface area contributed by atoms with Gasteiger partial charge in [-0.15, -0.1) is 0 Å². The molecule has 0 bridgehead atoms. The van der Waals surface area contributed by atoms with Gasteiger partial charge in [0.1, 0.15) is 5.60 Å². The number of hydrogen-bond acceptors (Lipinski definition) is 1. The third kappa shape index (κ3) is 0.833. The van der Waals surface area contributed by atoms with Crippen molar-refractivity contribution >= 4 is 0 Å². The Morgan fingerprint density at radius 3 is 2.75 bits per heavy atom. The molecule has 1 atom stereocenters. The largest absolute Gasteiger partial charge is 0.381 e. The fraction of sp³-hybridized carbons (Fsp3) is 0.273. The molecule has 1 N–H and O–H groups in total. The molecule has 0 spiro atoms. The lowest BCUT2D eigenvalue weighted by Gasteiger charge is -2.18. The van der Waals surface area contributed by atoms with Crippen molar-refractivity contribution in [2.75, 3.05) is 0 Å². The number of benzene rings is 1. The fourth-order valence-corrected chi connectivity index (χ4v) is 1.74. The first-order chi connectivity index (χ1) is 5.62. The van der Waals surface area contributed by atoms with Crippen molar-refractivity contribution in [1.29, 1.82) is 0 Å².